The SMILES string of the molecule is CCN(Cc1ccccc1)C(=O)CN1CCC(C(C)N)CC1. The van der Waals surface area contributed by atoms with Gasteiger partial charge in [-0.1, -0.05) is 30.3 Å². The highest BCUT2D eigenvalue weighted by molar-refractivity contribution is 5.78. The van der Waals surface area contributed by atoms with Crippen LogP contribution in [0.25, 0.3) is 0 Å². The van der Waals surface area contributed by atoms with Crippen LogP contribution in [0, 0.1) is 5.92 Å². The molecule has 1 amide bonds. The highest BCUT2D eigenvalue weighted by atomic mass is 16.2. The van der Waals surface area contributed by atoms with Crippen molar-refractivity contribution in [1.29, 1.82) is 0 Å². The Bertz CT molecular complexity index is 453. The standard InChI is InChI=1S/C18H29N3O/c1-3-21(13-16-7-5-4-6-8-16)18(22)14-20-11-9-17(10-12-20)15(2)19/h4-8,15,17H,3,9-14,19H2,1-2H3. The number of hydrogen-bond acceptors (Lipinski definition) is 3. The summed E-state index contributed by atoms with van der Waals surface area (Å²) in [6, 6.07) is 10.5. The summed E-state index contributed by atoms with van der Waals surface area (Å²) < 4.78 is 0. The average molecular weight is 303 g/mol. The van der Waals surface area contributed by atoms with E-state index >= 15 is 0 Å². The van der Waals surface area contributed by atoms with Gasteiger partial charge in [-0.25, -0.2) is 0 Å². The molecule has 1 aromatic carbocycles. The molecule has 2 N–H and O–H groups in total. The van der Waals surface area contributed by atoms with E-state index in [0.29, 0.717) is 19.0 Å². The summed E-state index contributed by atoms with van der Waals surface area (Å²) in [6.45, 7) is 8.10. The zero-order valence-corrected chi connectivity index (χ0v) is 13.9. The third-order valence-electron chi connectivity index (χ3n) is 4.69. The normalized spacial score (nSPS) is 18.1. The van der Waals surface area contributed by atoms with Crippen molar-refractivity contribution in [3.05, 3.63) is 35.9 Å². The van der Waals surface area contributed by atoms with Crippen molar-refractivity contribution in [2.75, 3.05) is 26.2 Å². The lowest BCUT2D eigenvalue weighted by molar-refractivity contribution is -0.133. The Morgan fingerprint density at radius 2 is 1.95 bits per heavy atom. The fourth-order valence-electron chi connectivity index (χ4n) is 3.11. The molecule has 0 saturated carbocycles. The van der Waals surface area contributed by atoms with Crippen molar-refractivity contribution in [2.24, 2.45) is 11.7 Å². The minimum atomic E-state index is 0.227. The van der Waals surface area contributed by atoms with Gasteiger partial charge in [0.05, 0.1) is 6.54 Å². The van der Waals surface area contributed by atoms with E-state index in [2.05, 4.69) is 24.0 Å². The number of likely N-dealkylation sites (N-methyl/N-ethyl adjacent to an activating group) is 1. The van der Waals surface area contributed by atoms with Crippen LogP contribution in [0.5, 0.6) is 0 Å². The molecule has 0 aromatic heterocycles. The second-order valence-electron chi connectivity index (χ2n) is 6.37. The molecule has 0 bridgehead atoms. The maximum absolute atomic E-state index is 12.5. The number of carbonyl (C=O) groups excluding carboxylic acids is 1. The molecule has 122 valence electrons. The number of rotatable bonds is 6. The minimum Gasteiger partial charge on any atom is -0.338 e. The van der Waals surface area contributed by atoms with Crippen LogP contribution in [0.3, 0.4) is 0 Å². The summed E-state index contributed by atoms with van der Waals surface area (Å²) in [6.07, 6.45) is 2.21. The number of hydrogen-bond donors (Lipinski definition) is 1. The number of carbonyl (C=O) groups is 1. The number of amides is 1. The first kappa shape index (κ1) is 17.0. The van der Waals surface area contributed by atoms with E-state index in [1.807, 2.05) is 30.0 Å². The fraction of sp³-hybridized carbons (Fsp3) is 0.611. The smallest absolute Gasteiger partial charge is 0.237 e. The Morgan fingerprint density at radius 3 is 2.50 bits per heavy atom. The topological polar surface area (TPSA) is 49.6 Å². The van der Waals surface area contributed by atoms with E-state index in [1.165, 1.54) is 5.56 Å². The van der Waals surface area contributed by atoms with Gasteiger partial charge in [-0.2, -0.15) is 0 Å². The molecule has 4 heteroatoms. The molecule has 0 aliphatic carbocycles. The van der Waals surface area contributed by atoms with E-state index < -0.39 is 0 Å². The van der Waals surface area contributed by atoms with Gasteiger partial charge >= 0.3 is 0 Å². The lowest BCUT2D eigenvalue weighted by Gasteiger charge is -2.34. The summed E-state index contributed by atoms with van der Waals surface area (Å²) in [7, 11) is 0. The lowest BCUT2D eigenvalue weighted by atomic mass is 9.91. The monoisotopic (exact) mass is 303 g/mol. The van der Waals surface area contributed by atoms with Gasteiger partial charge in [-0.15, -0.1) is 0 Å². The van der Waals surface area contributed by atoms with Crippen LogP contribution >= 0.6 is 0 Å². The number of piperidine rings is 1. The van der Waals surface area contributed by atoms with Crippen LogP contribution in [-0.4, -0.2) is 47.9 Å². The largest absolute Gasteiger partial charge is 0.338 e. The van der Waals surface area contributed by atoms with Crippen molar-refractivity contribution < 1.29 is 4.79 Å². The third kappa shape index (κ3) is 4.82. The second kappa shape index (κ2) is 8.30. The summed E-state index contributed by atoms with van der Waals surface area (Å²) >= 11 is 0. The van der Waals surface area contributed by atoms with Gasteiger partial charge in [0.15, 0.2) is 0 Å². The molecular formula is C18H29N3O. The molecule has 1 aliphatic rings. The van der Waals surface area contributed by atoms with Gasteiger partial charge < -0.3 is 10.6 Å². The van der Waals surface area contributed by atoms with E-state index in [1.54, 1.807) is 0 Å². The van der Waals surface area contributed by atoms with E-state index in [9.17, 15) is 4.79 Å². The van der Waals surface area contributed by atoms with Crippen LogP contribution in [0.4, 0.5) is 0 Å². The van der Waals surface area contributed by atoms with Gasteiger partial charge in [-0.3, -0.25) is 9.69 Å². The first-order chi connectivity index (χ1) is 10.6. The van der Waals surface area contributed by atoms with E-state index in [4.69, 9.17) is 5.73 Å². The molecule has 22 heavy (non-hydrogen) atoms. The molecule has 4 nitrogen and oxygen atoms in total. The van der Waals surface area contributed by atoms with Gasteiger partial charge in [-0.05, 0) is 51.3 Å². The van der Waals surface area contributed by atoms with Gasteiger partial charge in [0.25, 0.3) is 0 Å². The molecule has 0 spiro atoms. The second-order valence-corrected chi connectivity index (χ2v) is 6.37. The zero-order valence-electron chi connectivity index (χ0n) is 13.9. The molecule has 1 atom stereocenters. The lowest BCUT2D eigenvalue weighted by Crippen LogP contribution is -2.45. The molecule has 1 saturated heterocycles. The van der Waals surface area contributed by atoms with Crippen molar-refractivity contribution in [3.63, 3.8) is 0 Å². The average Bonchev–Trinajstić information content (AvgIpc) is 2.54. The van der Waals surface area contributed by atoms with E-state index in [-0.39, 0.29) is 11.9 Å². The van der Waals surface area contributed by atoms with Crippen molar-refractivity contribution in [2.45, 2.75) is 39.3 Å². The van der Waals surface area contributed by atoms with Crippen LogP contribution in [-0.2, 0) is 11.3 Å². The van der Waals surface area contributed by atoms with Crippen molar-refractivity contribution in [1.82, 2.24) is 9.80 Å². The number of nitrogens with zero attached hydrogens (tertiary/aromatic N) is 2. The highest BCUT2D eigenvalue weighted by Gasteiger charge is 2.24. The molecule has 0 radical (unpaired) electrons. The Balaban J connectivity index is 1.83. The van der Waals surface area contributed by atoms with Gasteiger partial charge in [0.2, 0.25) is 5.91 Å². The number of likely N-dealkylation sites (tertiary alicyclic amines) is 1. The Kier molecular flexibility index (Phi) is 6.40. The number of benzene rings is 1. The van der Waals surface area contributed by atoms with Crippen LogP contribution in [0.15, 0.2) is 30.3 Å². The molecule has 1 aromatic rings. The molecule has 1 aliphatic heterocycles. The zero-order chi connectivity index (χ0) is 15.9. The predicted octanol–water partition coefficient (Wildman–Crippen LogP) is 2.09. The first-order valence-electron chi connectivity index (χ1n) is 8.39. The number of nitrogens with two attached hydrogens (primary N) is 1. The predicted molar refractivity (Wildman–Crippen MR) is 90.3 cm³/mol. The van der Waals surface area contributed by atoms with Crippen molar-refractivity contribution >= 4 is 5.91 Å². The maximum Gasteiger partial charge on any atom is 0.237 e. The summed E-state index contributed by atoms with van der Waals surface area (Å²) in [5, 5.41) is 0. The van der Waals surface area contributed by atoms with E-state index in [0.717, 1.165) is 32.5 Å². The summed E-state index contributed by atoms with van der Waals surface area (Å²) in [4.78, 5) is 16.7. The fourth-order valence-corrected chi connectivity index (χ4v) is 3.11. The maximum atomic E-state index is 12.5. The first-order valence-corrected chi connectivity index (χ1v) is 8.39. The molecular weight excluding hydrogens is 274 g/mol. The van der Waals surface area contributed by atoms with Crippen LogP contribution in [0.1, 0.15) is 32.3 Å². The Hall–Kier alpha value is -1.39. The molecule has 2 rings (SSSR count). The van der Waals surface area contributed by atoms with Crippen LogP contribution in [0.2, 0.25) is 0 Å². The molecule has 1 heterocycles. The quantitative estimate of drug-likeness (QED) is 0.875. The summed E-state index contributed by atoms with van der Waals surface area (Å²) in [5.41, 5.74) is 7.16. The Labute approximate surface area is 134 Å². The molecule has 1 unspecified atom stereocenters. The molecule has 1 fully saturated rings. The third-order valence-corrected chi connectivity index (χ3v) is 4.69. The Morgan fingerprint density at radius 1 is 1.32 bits per heavy atom. The highest BCUT2D eigenvalue weighted by Crippen LogP contribution is 2.19. The van der Waals surface area contributed by atoms with Gasteiger partial charge in [0, 0.05) is 19.1 Å². The van der Waals surface area contributed by atoms with Crippen molar-refractivity contribution in [3.8, 4) is 0 Å². The van der Waals surface area contributed by atoms with Gasteiger partial charge in [0.1, 0.15) is 0 Å². The van der Waals surface area contributed by atoms with Crippen LogP contribution < -0.4 is 5.73 Å². The minimum absolute atomic E-state index is 0.227. The summed E-state index contributed by atoms with van der Waals surface area (Å²) in [5.74, 6) is 0.837.